The molecule has 0 N–H and O–H groups in total. The van der Waals surface area contributed by atoms with E-state index in [-0.39, 0.29) is 5.41 Å². The molecular weight excluding hydrogens is 721 g/mol. The van der Waals surface area contributed by atoms with Crippen LogP contribution in [0.1, 0.15) is 25.0 Å². The maximum Gasteiger partial charge on any atom is 0.238 e. The Morgan fingerprint density at radius 3 is 1.93 bits per heavy atom. The van der Waals surface area contributed by atoms with Gasteiger partial charge in [0.1, 0.15) is 11.2 Å². The molecule has 0 saturated heterocycles. The molecule has 0 atom stereocenters. The Hall–Kier alpha value is -7.63. The van der Waals surface area contributed by atoms with E-state index in [1.165, 1.54) is 33.4 Å². The van der Waals surface area contributed by atoms with Gasteiger partial charge in [0, 0.05) is 43.7 Å². The van der Waals surface area contributed by atoms with Crippen LogP contribution in [0.4, 0.5) is 0 Å². The number of hydrogen-bond donors (Lipinski definition) is 0. The molecule has 11 aromatic rings. The summed E-state index contributed by atoms with van der Waals surface area (Å²) in [7, 11) is 0. The van der Waals surface area contributed by atoms with Crippen LogP contribution in [0.25, 0.3) is 106 Å². The average Bonchev–Trinajstić information content (AvgIpc) is 3.91. The first-order valence-electron chi connectivity index (χ1n) is 20.1. The quantitative estimate of drug-likeness (QED) is 0.175. The van der Waals surface area contributed by atoms with Crippen molar-refractivity contribution in [2.45, 2.75) is 19.3 Å². The van der Waals surface area contributed by atoms with Gasteiger partial charge in [0.2, 0.25) is 5.95 Å². The van der Waals surface area contributed by atoms with Gasteiger partial charge in [-0.25, -0.2) is 4.98 Å². The predicted molar refractivity (Wildman–Crippen MR) is 241 cm³/mol. The van der Waals surface area contributed by atoms with Crippen molar-refractivity contribution in [3.63, 3.8) is 0 Å². The Balaban J connectivity index is 1.06. The molecule has 0 spiro atoms. The van der Waals surface area contributed by atoms with Gasteiger partial charge in [-0.15, -0.1) is 0 Å². The summed E-state index contributed by atoms with van der Waals surface area (Å²) in [6.07, 6.45) is 0. The number of benzene rings is 8. The SMILES string of the molecule is CC1(C)c2ccccc2-c2cc(-c3cccc(-c4cccc5c6ccccc6n(-c6nc(-c7ccccc7)nc(-c7ccc8c(c7)oc7ccccc78)n6)c45)c3)ccc21. The Morgan fingerprint density at radius 2 is 1.03 bits per heavy atom. The van der Waals surface area contributed by atoms with Crippen molar-refractivity contribution < 1.29 is 4.42 Å². The molecule has 278 valence electrons. The standard InChI is InChI=1S/C54H36N4O/c1-54(2)45-23-9-6-18-39(45)44-31-35(27-29-46(44)54)34-16-12-17-36(30-34)38-21-13-22-43-40-19-7-10-24-47(40)58(50(38)43)53-56-51(33-14-4-3-5-15-33)55-52(57-53)37-26-28-42-41-20-8-11-25-48(41)59-49(42)32-37/h3-32H,1-2H3. The predicted octanol–water partition coefficient (Wildman–Crippen LogP) is 13.8. The molecule has 0 fully saturated rings. The van der Waals surface area contributed by atoms with Crippen molar-refractivity contribution in [2.24, 2.45) is 0 Å². The number of hydrogen-bond acceptors (Lipinski definition) is 4. The van der Waals surface area contributed by atoms with Crippen molar-refractivity contribution in [1.82, 2.24) is 19.5 Å². The zero-order valence-corrected chi connectivity index (χ0v) is 32.5. The summed E-state index contributed by atoms with van der Waals surface area (Å²) in [5.74, 6) is 1.72. The van der Waals surface area contributed by atoms with Gasteiger partial charge in [0.25, 0.3) is 0 Å². The second-order valence-corrected chi connectivity index (χ2v) is 16.0. The van der Waals surface area contributed by atoms with Crippen molar-refractivity contribution in [3.8, 4) is 62.1 Å². The minimum absolute atomic E-state index is 0.0369. The van der Waals surface area contributed by atoms with Gasteiger partial charge < -0.3 is 4.42 Å². The summed E-state index contributed by atoms with van der Waals surface area (Å²) < 4.78 is 8.54. The Morgan fingerprint density at radius 1 is 0.407 bits per heavy atom. The molecule has 59 heavy (non-hydrogen) atoms. The lowest BCUT2D eigenvalue weighted by Crippen LogP contribution is -2.14. The normalized spacial score (nSPS) is 13.1. The molecular formula is C54H36N4O. The summed E-state index contributed by atoms with van der Waals surface area (Å²) in [6.45, 7) is 4.66. The largest absolute Gasteiger partial charge is 0.456 e. The molecule has 3 heterocycles. The molecule has 1 aliphatic carbocycles. The lowest BCUT2D eigenvalue weighted by molar-refractivity contribution is 0.660. The van der Waals surface area contributed by atoms with Crippen molar-refractivity contribution in [3.05, 3.63) is 193 Å². The molecule has 0 radical (unpaired) electrons. The summed E-state index contributed by atoms with van der Waals surface area (Å²) in [5, 5.41) is 4.41. The number of furan rings is 1. The maximum atomic E-state index is 6.32. The fraction of sp³-hybridized carbons (Fsp3) is 0.0556. The molecule has 0 bridgehead atoms. The van der Waals surface area contributed by atoms with Crippen molar-refractivity contribution in [2.75, 3.05) is 0 Å². The minimum atomic E-state index is -0.0369. The van der Waals surface area contributed by atoms with E-state index in [2.05, 4.69) is 146 Å². The van der Waals surface area contributed by atoms with E-state index in [0.29, 0.717) is 17.6 Å². The third-order valence-electron chi connectivity index (χ3n) is 12.3. The second kappa shape index (κ2) is 12.7. The first kappa shape index (κ1) is 33.5. The molecule has 0 aliphatic heterocycles. The van der Waals surface area contributed by atoms with Crippen LogP contribution >= 0.6 is 0 Å². The van der Waals surface area contributed by atoms with E-state index in [9.17, 15) is 0 Å². The third-order valence-corrected chi connectivity index (χ3v) is 12.3. The number of aromatic nitrogens is 4. The highest BCUT2D eigenvalue weighted by Crippen LogP contribution is 2.50. The van der Waals surface area contributed by atoms with E-state index in [4.69, 9.17) is 19.4 Å². The Bertz CT molecular complexity index is 3480. The van der Waals surface area contributed by atoms with Gasteiger partial charge in [-0.2, -0.15) is 9.97 Å². The van der Waals surface area contributed by atoms with Gasteiger partial charge in [-0.3, -0.25) is 4.57 Å². The van der Waals surface area contributed by atoms with Crippen LogP contribution in [0.3, 0.4) is 0 Å². The molecule has 5 nitrogen and oxygen atoms in total. The van der Waals surface area contributed by atoms with Gasteiger partial charge in [0.05, 0.1) is 11.0 Å². The monoisotopic (exact) mass is 756 g/mol. The van der Waals surface area contributed by atoms with Crippen LogP contribution in [0.5, 0.6) is 0 Å². The van der Waals surface area contributed by atoms with E-state index in [1.807, 2.05) is 54.6 Å². The fourth-order valence-electron chi connectivity index (χ4n) is 9.40. The summed E-state index contributed by atoms with van der Waals surface area (Å²) >= 11 is 0. The van der Waals surface area contributed by atoms with Crippen LogP contribution < -0.4 is 0 Å². The lowest BCUT2D eigenvalue weighted by atomic mass is 9.82. The van der Waals surface area contributed by atoms with Crippen LogP contribution in [0.15, 0.2) is 186 Å². The number of fused-ring (bicyclic) bond motifs is 9. The molecule has 3 aromatic heterocycles. The molecule has 5 heteroatoms. The first-order valence-corrected chi connectivity index (χ1v) is 20.1. The van der Waals surface area contributed by atoms with Crippen LogP contribution in [0, 0.1) is 0 Å². The molecule has 12 rings (SSSR count). The summed E-state index contributed by atoms with van der Waals surface area (Å²) in [4.78, 5) is 15.6. The topological polar surface area (TPSA) is 56.7 Å². The van der Waals surface area contributed by atoms with Crippen LogP contribution in [-0.4, -0.2) is 19.5 Å². The van der Waals surface area contributed by atoms with E-state index in [0.717, 1.165) is 66.0 Å². The number of nitrogens with zero attached hydrogens (tertiary/aromatic N) is 4. The number of rotatable bonds is 5. The molecule has 0 amide bonds. The van der Waals surface area contributed by atoms with E-state index < -0.39 is 0 Å². The van der Waals surface area contributed by atoms with Gasteiger partial charge in [0.15, 0.2) is 11.6 Å². The van der Waals surface area contributed by atoms with Crippen molar-refractivity contribution >= 4 is 43.7 Å². The van der Waals surface area contributed by atoms with E-state index in [1.54, 1.807) is 0 Å². The third kappa shape index (κ3) is 5.14. The summed E-state index contributed by atoms with van der Waals surface area (Å²) in [6, 6.07) is 64.4. The average molecular weight is 757 g/mol. The lowest BCUT2D eigenvalue weighted by Gasteiger charge is -2.21. The minimum Gasteiger partial charge on any atom is -0.456 e. The maximum absolute atomic E-state index is 6.32. The summed E-state index contributed by atoms with van der Waals surface area (Å²) in [5.41, 5.74) is 15.4. The van der Waals surface area contributed by atoms with Gasteiger partial charge >= 0.3 is 0 Å². The highest BCUT2D eigenvalue weighted by molar-refractivity contribution is 6.14. The Kier molecular flexibility index (Phi) is 7.20. The highest BCUT2D eigenvalue weighted by Gasteiger charge is 2.35. The first-order chi connectivity index (χ1) is 29.0. The van der Waals surface area contributed by atoms with Crippen molar-refractivity contribution in [1.29, 1.82) is 0 Å². The van der Waals surface area contributed by atoms with Crippen LogP contribution in [0.2, 0.25) is 0 Å². The van der Waals surface area contributed by atoms with Gasteiger partial charge in [-0.1, -0.05) is 159 Å². The molecule has 8 aromatic carbocycles. The Labute approximate surface area is 340 Å². The molecule has 1 aliphatic rings. The smallest absolute Gasteiger partial charge is 0.238 e. The van der Waals surface area contributed by atoms with E-state index >= 15 is 0 Å². The van der Waals surface area contributed by atoms with Gasteiger partial charge in [-0.05, 0) is 75.3 Å². The highest BCUT2D eigenvalue weighted by atomic mass is 16.3. The number of para-hydroxylation sites is 3. The molecule has 0 unspecified atom stereocenters. The zero-order valence-electron chi connectivity index (χ0n) is 32.5. The molecule has 0 saturated carbocycles. The fourth-order valence-corrected chi connectivity index (χ4v) is 9.40. The van der Waals surface area contributed by atoms with Crippen LogP contribution in [-0.2, 0) is 5.41 Å². The zero-order chi connectivity index (χ0) is 39.2. The second-order valence-electron chi connectivity index (χ2n) is 16.0.